The lowest BCUT2D eigenvalue weighted by Gasteiger charge is -2.16. The summed E-state index contributed by atoms with van der Waals surface area (Å²) in [6, 6.07) is 19.3. The molecule has 1 aliphatic heterocycles. The first-order valence-corrected chi connectivity index (χ1v) is 9.95. The largest absolute Gasteiger partial charge is 0.350 e. The van der Waals surface area contributed by atoms with E-state index in [1.165, 1.54) is 16.2 Å². The Hall–Kier alpha value is -3.18. The number of anilines is 1. The van der Waals surface area contributed by atoms with Gasteiger partial charge in [0.1, 0.15) is 5.70 Å². The molecule has 5 heteroatoms. The monoisotopic (exact) mass is 388 g/mol. The second-order valence-electron chi connectivity index (χ2n) is 6.85. The first kappa shape index (κ1) is 18.2. The maximum atomic E-state index is 13.2. The van der Waals surface area contributed by atoms with Gasteiger partial charge < -0.3 is 5.32 Å². The van der Waals surface area contributed by atoms with Gasteiger partial charge >= 0.3 is 0 Å². The maximum absolute atomic E-state index is 13.2. The van der Waals surface area contributed by atoms with Crippen molar-refractivity contribution in [1.29, 1.82) is 0 Å². The van der Waals surface area contributed by atoms with E-state index in [1.54, 1.807) is 0 Å². The Kier molecular flexibility index (Phi) is 4.84. The topological polar surface area (TPSA) is 49.4 Å². The van der Waals surface area contributed by atoms with Crippen LogP contribution in [-0.2, 0) is 16.1 Å². The van der Waals surface area contributed by atoms with E-state index in [-0.39, 0.29) is 18.4 Å². The van der Waals surface area contributed by atoms with Crippen LogP contribution in [-0.4, -0.2) is 16.7 Å². The van der Waals surface area contributed by atoms with Crippen molar-refractivity contribution < 1.29 is 9.59 Å². The zero-order chi connectivity index (χ0) is 19.7. The average Bonchev–Trinajstić information content (AvgIpc) is 3.28. The number of hydrogen-bond donors (Lipinski definition) is 1. The van der Waals surface area contributed by atoms with Gasteiger partial charge in [0.2, 0.25) is 0 Å². The molecule has 28 heavy (non-hydrogen) atoms. The van der Waals surface area contributed by atoms with Crippen LogP contribution in [0.2, 0.25) is 0 Å². The van der Waals surface area contributed by atoms with Gasteiger partial charge in [0, 0.05) is 10.6 Å². The zero-order valence-corrected chi connectivity index (χ0v) is 16.5. The van der Waals surface area contributed by atoms with Crippen molar-refractivity contribution in [2.24, 2.45) is 0 Å². The van der Waals surface area contributed by atoms with Gasteiger partial charge in [-0.2, -0.15) is 0 Å². The summed E-state index contributed by atoms with van der Waals surface area (Å²) in [5.41, 5.74) is 4.71. The molecular formula is C23H20N2O2S. The van der Waals surface area contributed by atoms with Gasteiger partial charge in [-0.1, -0.05) is 54.1 Å². The molecule has 1 N–H and O–H groups in total. The molecule has 2 amide bonds. The second kappa shape index (κ2) is 7.44. The van der Waals surface area contributed by atoms with Gasteiger partial charge in [-0.3, -0.25) is 14.5 Å². The molecule has 0 fully saturated rings. The standard InChI is InChI=1S/C23H20N2O2S/c1-15-10-11-18(16(2)13-15)24-21-20(19-9-6-12-28-19)22(26)25(23(21)27)14-17-7-4-3-5-8-17/h3-13,24H,14H2,1-2H3. The van der Waals surface area contributed by atoms with Crippen LogP contribution >= 0.6 is 11.3 Å². The normalized spacial score (nSPS) is 14.1. The highest BCUT2D eigenvalue weighted by molar-refractivity contribution is 7.11. The number of nitrogens with zero attached hydrogens (tertiary/aromatic N) is 1. The number of rotatable bonds is 5. The highest BCUT2D eigenvalue weighted by atomic mass is 32.1. The van der Waals surface area contributed by atoms with Crippen molar-refractivity contribution in [3.63, 3.8) is 0 Å². The van der Waals surface area contributed by atoms with Gasteiger partial charge in [-0.05, 0) is 42.5 Å². The molecule has 4 rings (SSSR count). The van der Waals surface area contributed by atoms with Crippen LogP contribution in [0.3, 0.4) is 0 Å². The average molecular weight is 388 g/mol. The van der Waals surface area contributed by atoms with Crippen LogP contribution in [0.5, 0.6) is 0 Å². The molecule has 0 bridgehead atoms. The maximum Gasteiger partial charge on any atom is 0.278 e. The number of nitrogens with one attached hydrogen (secondary N) is 1. The SMILES string of the molecule is Cc1ccc(NC2=C(c3cccs3)C(=O)N(Cc3ccccc3)C2=O)c(C)c1. The lowest BCUT2D eigenvalue weighted by Crippen LogP contribution is -2.31. The second-order valence-corrected chi connectivity index (χ2v) is 7.80. The van der Waals surface area contributed by atoms with Crippen LogP contribution in [0.15, 0.2) is 71.7 Å². The Morgan fingerprint density at radius 3 is 2.39 bits per heavy atom. The summed E-state index contributed by atoms with van der Waals surface area (Å²) < 4.78 is 0. The van der Waals surface area contributed by atoms with E-state index in [0.717, 1.165) is 27.3 Å². The predicted octanol–water partition coefficient (Wildman–Crippen LogP) is 4.76. The van der Waals surface area contributed by atoms with Crippen LogP contribution in [0.25, 0.3) is 5.57 Å². The minimum Gasteiger partial charge on any atom is -0.350 e. The van der Waals surface area contributed by atoms with E-state index < -0.39 is 0 Å². The van der Waals surface area contributed by atoms with Gasteiger partial charge in [-0.25, -0.2) is 0 Å². The van der Waals surface area contributed by atoms with Gasteiger partial charge in [0.25, 0.3) is 11.8 Å². The Morgan fingerprint density at radius 2 is 1.71 bits per heavy atom. The van der Waals surface area contributed by atoms with Crippen molar-refractivity contribution in [3.8, 4) is 0 Å². The molecule has 0 saturated carbocycles. The minimum atomic E-state index is -0.294. The molecule has 2 aromatic carbocycles. The number of amides is 2. The van der Waals surface area contributed by atoms with Gasteiger partial charge in [-0.15, -0.1) is 11.3 Å². The number of carbonyl (C=O) groups excluding carboxylic acids is 2. The summed E-state index contributed by atoms with van der Waals surface area (Å²) in [7, 11) is 0. The van der Waals surface area contributed by atoms with Crippen molar-refractivity contribution in [1.82, 2.24) is 4.90 Å². The molecule has 0 saturated heterocycles. The quantitative estimate of drug-likeness (QED) is 0.641. The summed E-state index contributed by atoms with van der Waals surface area (Å²) in [6.45, 7) is 4.27. The van der Waals surface area contributed by atoms with E-state index >= 15 is 0 Å². The van der Waals surface area contributed by atoms with Crippen LogP contribution in [0, 0.1) is 13.8 Å². The van der Waals surface area contributed by atoms with E-state index in [4.69, 9.17) is 0 Å². The third kappa shape index (κ3) is 3.37. The van der Waals surface area contributed by atoms with Crippen molar-refractivity contribution in [2.75, 3.05) is 5.32 Å². The first-order chi connectivity index (χ1) is 13.5. The fourth-order valence-corrected chi connectivity index (χ4v) is 4.11. The Balaban J connectivity index is 1.73. The van der Waals surface area contributed by atoms with Crippen molar-refractivity contribution >= 4 is 34.4 Å². The van der Waals surface area contributed by atoms with Crippen molar-refractivity contribution in [3.05, 3.63) is 93.3 Å². The fourth-order valence-electron chi connectivity index (χ4n) is 3.34. The van der Waals surface area contributed by atoms with Gasteiger partial charge in [0.15, 0.2) is 0 Å². The molecule has 3 aromatic rings. The van der Waals surface area contributed by atoms with E-state index in [9.17, 15) is 9.59 Å². The summed E-state index contributed by atoms with van der Waals surface area (Å²) in [5, 5.41) is 5.16. The van der Waals surface area contributed by atoms with Crippen LogP contribution < -0.4 is 5.32 Å². The number of hydrogen-bond acceptors (Lipinski definition) is 4. The summed E-state index contributed by atoms with van der Waals surface area (Å²) in [5.74, 6) is -0.555. The smallest absolute Gasteiger partial charge is 0.278 e. The molecule has 2 heterocycles. The molecule has 1 aromatic heterocycles. The minimum absolute atomic E-state index is 0.255. The number of benzene rings is 2. The molecule has 0 unspecified atom stereocenters. The van der Waals surface area contributed by atoms with E-state index in [0.29, 0.717) is 11.3 Å². The molecule has 0 atom stereocenters. The highest BCUT2D eigenvalue weighted by Crippen LogP contribution is 2.34. The molecule has 0 spiro atoms. The lowest BCUT2D eigenvalue weighted by molar-refractivity contribution is -0.137. The Bertz CT molecular complexity index is 1070. The van der Waals surface area contributed by atoms with Crippen LogP contribution in [0.1, 0.15) is 21.6 Å². The lowest BCUT2D eigenvalue weighted by atomic mass is 10.1. The molecule has 0 radical (unpaired) electrons. The Labute approximate surface area is 168 Å². The number of aryl methyl sites for hydroxylation is 2. The van der Waals surface area contributed by atoms with E-state index in [2.05, 4.69) is 11.4 Å². The molecule has 4 nitrogen and oxygen atoms in total. The summed E-state index contributed by atoms with van der Waals surface area (Å²) in [4.78, 5) is 28.5. The first-order valence-electron chi connectivity index (χ1n) is 9.07. The zero-order valence-electron chi connectivity index (χ0n) is 15.7. The predicted molar refractivity (Wildman–Crippen MR) is 113 cm³/mol. The molecule has 1 aliphatic rings. The fraction of sp³-hybridized carbons (Fsp3) is 0.130. The third-order valence-corrected chi connectivity index (χ3v) is 5.65. The molecule has 0 aliphatic carbocycles. The summed E-state index contributed by atoms with van der Waals surface area (Å²) >= 11 is 1.46. The number of carbonyl (C=O) groups is 2. The third-order valence-electron chi connectivity index (χ3n) is 4.76. The molecule has 140 valence electrons. The number of imide groups is 1. The van der Waals surface area contributed by atoms with Gasteiger partial charge in [0.05, 0.1) is 12.1 Å². The van der Waals surface area contributed by atoms with Crippen LogP contribution in [0.4, 0.5) is 5.69 Å². The summed E-state index contributed by atoms with van der Waals surface area (Å²) in [6.07, 6.45) is 0. The highest BCUT2D eigenvalue weighted by Gasteiger charge is 2.39. The Morgan fingerprint density at radius 1 is 0.929 bits per heavy atom. The molecular weight excluding hydrogens is 368 g/mol. The number of thiophene rings is 1. The van der Waals surface area contributed by atoms with E-state index in [1.807, 2.05) is 73.8 Å². The van der Waals surface area contributed by atoms with Crippen molar-refractivity contribution in [2.45, 2.75) is 20.4 Å².